The number of rotatable bonds is 3. The lowest BCUT2D eigenvalue weighted by Gasteiger charge is -2.13. The van der Waals surface area contributed by atoms with Gasteiger partial charge in [-0.25, -0.2) is 4.98 Å². The van der Waals surface area contributed by atoms with Crippen LogP contribution in [0.3, 0.4) is 0 Å². The van der Waals surface area contributed by atoms with Gasteiger partial charge in [0.05, 0.1) is 16.6 Å². The smallest absolute Gasteiger partial charge is 0.382 e. The maximum absolute atomic E-state index is 12.8. The minimum absolute atomic E-state index is 0.0308. The second-order valence-corrected chi connectivity index (χ2v) is 6.63. The molecule has 0 bridgehead atoms. The normalized spacial score (nSPS) is 11.8. The molecule has 2 heterocycles. The van der Waals surface area contributed by atoms with Crippen molar-refractivity contribution in [1.29, 1.82) is 0 Å². The van der Waals surface area contributed by atoms with Gasteiger partial charge < -0.3 is 11.1 Å². The van der Waals surface area contributed by atoms with Crippen LogP contribution in [-0.2, 0) is 6.18 Å². The number of anilines is 3. The monoisotopic (exact) mass is 418 g/mol. The molecule has 0 spiro atoms. The predicted octanol–water partition coefficient (Wildman–Crippen LogP) is 5.12. The highest BCUT2D eigenvalue weighted by atomic mass is 35.5. The molecule has 148 valence electrons. The van der Waals surface area contributed by atoms with E-state index < -0.39 is 11.7 Å². The van der Waals surface area contributed by atoms with Gasteiger partial charge in [-0.3, -0.25) is 4.57 Å². The molecule has 0 atom stereocenters. The van der Waals surface area contributed by atoms with Crippen molar-refractivity contribution in [3.63, 3.8) is 0 Å². The Kier molecular flexibility index (Phi) is 4.54. The Hall–Kier alpha value is -3.33. The highest BCUT2D eigenvalue weighted by Gasteiger charge is 2.30. The molecule has 29 heavy (non-hydrogen) atoms. The van der Waals surface area contributed by atoms with Crippen LogP contribution < -0.4 is 11.1 Å². The standard InChI is InChI=1S/C19H14ClF3N6/c1-10-25-13-4-2-3-5-14(13)29(10)18-27-16(24)15(20)17(28-18)26-12-8-6-11(7-9-12)19(21,22)23/h2-9H,1H3,(H3,24,26,27,28). The van der Waals surface area contributed by atoms with Gasteiger partial charge in [-0.1, -0.05) is 23.7 Å². The first-order chi connectivity index (χ1) is 13.7. The number of benzene rings is 2. The maximum atomic E-state index is 12.8. The zero-order chi connectivity index (χ0) is 20.8. The first kappa shape index (κ1) is 19.0. The van der Waals surface area contributed by atoms with E-state index in [1.807, 2.05) is 24.3 Å². The fraction of sp³-hybridized carbons (Fsp3) is 0.105. The maximum Gasteiger partial charge on any atom is 0.416 e. The van der Waals surface area contributed by atoms with Gasteiger partial charge in [0.15, 0.2) is 5.82 Å². The lowest BCUT2D eigenvalue weighted by Crippen LogP contribution is -2.09. The highest BCUT2D eigenvalue weighted by molar-refractivity contribution is 6.35. The Bertz CT molecular complexity index is 1200. The summed E-state index contributed by atoms with van der Waals surface area (Å²) >= 11 is 6.22. The van der Waals surface area contributed by atoms with Gasteiger partial charge in [0.2, 0.25) is 5.95 Å². The Balaban J connectivity index is 1.76. The number of nitrogens with one attached hydrogen (secondary N) is 1. The predicted molar refractivity (Wildman–Crippen MR) is 106 cm³/mol. The molecule has 0 amide bonds. The molecule has 4 aromatic rings. The summed E-state index contributed by atoms with van der Waals surface area (Å²) in [5.74, 6) is 1.09. The van der Waals surface area contributed by atoms with Gasteiger partial charge in [0.1, 0.15) is 16.7 Å². The molecular formula is C19H14ClF3N6. The molecule has 0 unspecified atom stereocenters. The van der Waals surface area contributed by atoms with E-state index in [0.29, 0.717) is 11.5 Å². The SMILES string of the molecule is Cc1nc2ccccc2n1-c1nc(N)c(Cl)c(Nc2ccc(C(F)(F)F)cc2)n1. The summed E-state index contributed by atoms with van der Waals surface area (Å²) in [6, 6.07) is 12.0. The number of aromatic nitrogens is 4. The van der Waals surface area contributed by atoms with Crippen LogP contribution in [0.2, 0.25) is 5.02 Å². The van der Waals surface area contributed by atoms with Crippen molar-refractivity contribution in [3.8, 4) is 5.95 Å². The number of nitrogen functional groups attached to an aromatic ring is 1. The van der Waals surface area contributed by atoms with Crippen LogP contribution in [0.4, 0.5) is 30.5 Å². The van der Waals surface area contributed by atoms with Gasteiger partial charge in [0, 0.05) is 5.69 Å². The molecular weight excluding hydrogens is 405 g/mol. The van der Waals surface area contributed by atoms with E-state index in [0.717, 1.165) is 23.2 Å². The summed E-state index contributed by atoms with van der Waals surface area (Å²) < 4.78 is 40.0. The minimum Gasteiger partial charge on any atom is -0.382 e. The molecule has 0 saturated carbocycles. The summed E-state index contributed by atoms with van der Waals surface area (Å²) in [5.41, 5.74) is 7.12. The molecule has 6 nitrogen and oxygen atoms in total. The van der Waals surface area contributed by atoms with E-state index in [9.17, 15) is 13.2 Å². The molecule has 4 rings (SSSR count). The van der Waals surface area contributed by atoms with Crippen LogP contribution in [0.1, 0.15) is 11.4 Å². The van der Waals surface area contributed by atoms with Gasteiger partial charge >= 0.3 is 6.18 Å². The van der Waals surface area contributed by atoms with Gasteiger partial charge in [0.25, 0.3) is 0 Å². The number of hydrogen-bond donors (Lipinski definition) is 2. The van der Waals surface area contributed by atoms with Crippen molar-refractivity contribution in [2.45, 2.75) is 13.1 Å². The number of hydrogen-bond acceptors (Lipinski definition) is 5. The Morgan fingerprint density at radius 3 is 2.38 bits per heavy atom. The molecule has 0 aliphatic heterocycles. The van der Waals surface area contributed by atoms with Crippen molar-refractivity contribution < 1.29 is 13.2 Å². The lowest BCUT2D eigenvalue weighted by atomic mass is 10.2. The lowest BCUT2D eigenvalue weighted by molar-refractivity contribution is -0.137. The summed E-state index contributed by atoms with van der Waals surface area (Å²) in [6.45, 7) is 1.80. The fourth-order valence-electron chi connectivity index (χ4n) is 2.91. The number of para-hydroxylation sites is 2. The van der Waals surface area contributed by atoms with E-state index in [1.165, 1.54) is 12.1 Å². The zero-order valence-corrected chi connectivity index (χ0v) is 15.8. The molecule has 0 saturated heterocycles. The van der Waals surface area contributed by atoms with Gasteiger partial charge in [-0.2, -0.15) is 23.1 Å². The largest absolute Gasteiger partial charge is 0.416 e. The van der Waals surface area contributed by atoms with Crippen molar-refractivity contribution in [2.24, 2.45) is 0 Å². The third kappa shape index (κ3) is 3.56. The number of halogens is 4. The van der Waals surface area contributed by atoms with E-state index in [-0.39, 0.29) is 22.6 Å². The third-order valence-corrected chi connectivity index (χ3v) is 4.64. The molecule has 10 heteroatoms. The third-order valence-electron chi connectivity index (χ3n) is 4.27. The molecule has 3 N–H and O–H groups in total. The average molecular weight is 419 g/mol. The van der Waals surface area contributed by atoms with Crippen molar-refractivity contribution in [2.75, 3.05) is 11.1 Å². The summed E-state index contributed by atoms with van der Waals surface area (Å²) in [7, 11) is 0. The van der Waals surface area contributed by atoms with E-state index in [1.54, 1.807) is 11.5 Å². The van der Waals surface area contributed by atoms with Crippen LogP contribution in [0, 0.1) is 6.92 Å². The molecule has 0 aliphatic carbocycles. The number of nitrogens with two attached hydrogens (primary N) is 1. The molecule has 2 aromatic heterocycles. The minimum atomic E-state index is -4.41. The van der Waals surface area contributed by atoms with E-state index in [4.69, 9.17) is 17.3 Å². The second kappa shape index (κ2) is 6.93. The fourth-order valence-corrected chi connectivity index (χ4v) is 3.04. The number of alkyl halides is 3. The Morgan fingerprint density at radius 1 is 1.00 bits per heavy atom. The van der Waals surface area contributed by atoms with E-state index in [2.05, 4.69) is 20.3 Å². The summed E-state index contributed by atoms with van der Waals surface area (Å²) in [6.07, 6.45) is -4.41. The van der Waals surface area contributed by atoms with E-state index >= 15 is 0 Å². The van der Waals surface area contributed by atoms with Crippen molar-refractivity contribution in [1.82, 2.24) is 19.5 Å². The Morgan fingerprint density at radius 2 is 1.69 bits per heavy atom. The van der Waals surface area contributed by atoms with Gasteiger partial charge in [-0.05, 0) is 43.3 Å². The summed E-state index contributed by atoms with van der Waals surface area (Å²) in [5, 5.41) is 2.96. The quantitative estimate of drug-likeness (QED) is 0.482. The summed E-state index contributed by atoms with van der Waals surface area (Å²) in [4.78, 5) is 13.1. The average Bonchev–Trinajstić information content (AvgIpc) is 3.00. The van der Waals surface area contributed by atoms with Gasteiger partial charge in [-0.15, -0.1) is 0 Å². The Labute approximate surface area is 168 Å². The first-order valence-electron chi connectivity index (χ1n) is 8.46. The number of aryl methyl sites for hydroxylation is 1. The van der Waals surface area contributed by atoms with Crippen LogP contribution in [0.15, 0.2) is 48.5 Å². The molecule has 0 radical (unpaired) electrons. The van der Waals surface area contributed by atoms with Crippen LogP contribution in [0.25, 0.3) is 17.0 Å². The molecule has 0 aliphatic rings. The zero-order valence-electron chi connectivity index (χ0n) is 15.0. The van der Waals surface area contributed by atoms with Crippen molar-refractivity contribution >= 4 is 40.0 Å². The number of nitrogens with zero attached hydrogens (tertiary/aromatic N) is 4. The van der Waals surface area contributed by atoms with Crippen LogP contribution >= 0.6 is 11.6 Å². The second-order valence-electron chi connectivity index (χ2n) is 6.25. The number of imidazole rings is 1. The molecule has 0 fully saturated rings. The van der Waals surface area contributed by atoms with Crippen molar-refractivity contribution in [3.05, 3.63) is 64.9 Å². The highest BCUT2D eigenvalue weighted by Crippen LogP contribution is 2.32. The molecule has 2 aromatic carbocycles. The topological polar surface area (TPSA) is 81.7 Å². The first-order valence-corrected chi connectivity index (χ1v) is 8.83. The number of fused-ring (bicyclic) bond motifs is 1. The van der Waals surface area contributed by atoms with Crippen LogP contribution in [0.5, 0.6) is 0 Å². The van der Waals surface area contributed by atoms with Crippen LogP contribution in [-0.4, -0.2) is 19.5 Å².